The van der Waals surface area contributed by atoms with Gasteiger partial charge in [0.1, 0.15) is 11.3 Å². The lowest BCUT2D eigenvalue weighted by molar-refractivity contribution is 0.0988. The SMILES string of the molecule is CCCn1c(NC(=O)c2oc(C)nc2CC)nc2cc(C(N)=O)cc(OC)c21. The van der Waals surface area contributed by atoms with E-state index in [1.54, 1.807) is 19.1 Å². The number of carbonyl (C=O) groups excluding carboxylic acids is 2. The van der Waals surface area contributed by atoms with Crippen LogP contribution in [0.15, 0.2) is 16.5 Å². The number of nitrogens with two attached hydrogens (primary N) is 1. The molecule has 28 heavy (non-hydrogen) atoms. The van der Waals surface area contributed by atoms with E-state index in [2.05, 4.69) is 15.3 Å². The molecule has 0 bridgehead atoms. The summed E-state index contributed by atoms with van der Waals surface area (Å²) < 4.78 is 12.7. The Morgan fingerprint density at radius 2 is 2.04 bits per heavy atom. The van der Waals surface area contributed by atoms with E-state index < -0.39 is 11.8 Å². The number of primary amides is 1. The topological polar surface area (TPSA) is 125 Å². The molecule has 0 radical (unpaired) electrons. The number of oxazole rings is 1. The highest BCUT2D eigenvalue weighted by Crippen LogP contribution is 2.31. The van der Waals surface area contributed by atoms with Crippen molar-refractivity contribution in [1.29, 1.82) is 0 Å². The Morgan fingerprint density at radius 1 is 1.29 bits per heavy atom. The molecule has 148 valence electrons. The van der Waals surface area contributed by atoms with Gasteiger partial charge in [-0.05, 0) is 25.0 Å². The molecule has 9 nitrogen and oxygen atoms in total. The number of rotatable bonds is 7. The van der Waals surface area contributed by atoms with Gasteiger partial charge in [-0.15, -0.1) is 0 Å². The Bertz CT molecular complexity index is 1050. The molecule has 3 N–H and O–H groups in total. The third-order valence-corrected chi connectivity index (χ3v) is 4.33. The van der Waals surface area contributed by atoms with E-state index in [0.717, 1.165) is 6.42 Å². The maximum absolute atomic E-state index is 12.8. The standard InChI is InChI=1S/C19H23N5O4/c1-5-7-24-15-13(8-11(17(20)25)9-14(15)27-4)22-19(24)23-18(26)16-12(6-2)21-10(3)28-16/h8-9H,5-7H2,1-4H3,(H2,20,25)(H,22,23,26). The summed E-state index contributed by atoms with van der Waals surface area (Å²) in [5.74, 6) is 0.367. The van der Waals surface area contributed by atoms with Gasteiger partial charge in [0.05, 0.1) is 18.3 Å². The van der Waals surface area contributed by atoms with Crippen molar-refractivity contribution < 1.29 is 18.7 Å². The van der Waals surface area contributed by atoms with Gasteiger partial charge in [-0.2, -0.15) is 0 Å². The van der Waals surface area contributed by atoms with E-state index >= 15 is 0 Å². The van der Waals surface area contributed by atoms with Crippen LogP contribution in [0.1, 0.15) is 52.8 Å². The lowest BCUT2D eigenvalue weighted by Gasteiger charge is -2.11. The lowest BCUT2D eigenvalue weighted by Crippen LogP contribution is -2.17. The van der Waals surface area contributed by atoms with Crippen molar-refractivity contribution in [3.05, 3.63) is 35.0 Å². The summed E-state index contributed by atoms with van der Waals surface area (Å²) in [6, 6.07) is 3.15. The summed E-state index contributed by atoms with van der Waals surface area (Å²) in [6.07, 6.45) is 1.37. The number of anilines is 1. The Labute approximate surface area is 161 Å². The molecule has 3 aromatic rings. The molecule has 0 spiro atoms. The summed E-state index contributed by atoms with van der Waals surface area (Å²) >= 11 is 0. The minimum Gasteiger partial charge on any atom is -0.494 e. The highest BCUT2D eigenvalue weighted by atomic mass is 16.5. The Hall–Kier alpha value is -3.36. The van der Waals surface area contributed by atoms with Crippen LogP contribution in [0.2, 0.25) is 0 Å². The second-order valence-electron chi connectivity index (χ2n) is 6.31. The largest absolute Gasteiger partial charge is 0.494 e. The van der Waals surface area contributed by atoms with Gasteiger partial charge >= 0.3 is 0 Å². The molecule has 2 amide bonds. The molecule has 0 saturated carbocycles. The van der Waals surface area contributed by atoms with Crippen molar-refractivity contribution in [2.24, 2.45) is 5.73 Å². The monoisotopic (exact) mass is 385 g/mol. The van der Waals surface area contributed by atoms with Crippen LogP contribution in [-0.2, 0) is 13.0 Å². The first-order chi connectivity index (χ1) is 13.4. The predicted octanol–water partition coefficient (Wildman–Crippen LogP) is 2.66. The number of fused-ring (bicyclic) bond motifs is 1. The Kier molecular flexibility index (Phi) is 5.34. The van der Waals surface area contributed by atoms with Crippen LogP contribution < -0.4 is 15.8 Å². The van der Waals surface area contributed by atoms with E-state index in [0.29, 0.717) is 47.3 Å². The summed E-state index contributed by atoms with van der Waals surface area (Å²) in [4.78, 5) is 33.1. The number of carbonyl (C=O) groups is 2. The van der Waals surface area contributed by atoms with E-state index in [1.165, 1.54) is 7.11 Å². The normalized spacial score (nSPS) is 11.0. The fourth-order valence-corrected chi connectivity index (χ4v) is 3.11. The van der Waals surface area contributed by atoms with Crippen LogP contribution in [0.5, 0.6) is 5.75 Å². The fraction of sp³-hybridized carbons (Fsp3) is 0.368. The van der Waals surface area contributed by atoms with Gasteiger partial charge in [-0.25, -0.2) is 9.97 Å². The van der Waals surface area contributed by atoms with Crippen molar-refractivity contribution in [2.75, 3.05) is 12.4 Å². The number of methoxy groups -OCH3 is 1. The zero-order chi connectivity index (χ0) is 20.4. The highest BCUT2D eigenvalue weighted by molar-refractivity contribution is 6.04. The maximum Gasteiger partial charge on any atom is 0.295 e. The first kappa shape index (κ1) is 19.4. The zero-order valence-corrected chi connectivity index (χ0v) is 16.3. The third kappa shape index (κ3) is 3.42. The Balaban J connectivity index is 2.10. The van der Waals surface area contributed by atoms with Gasteiger partial charge in [0.15, 0.2) is 5.89 Å². The zero-order valence-electron chi connectivity index (χ0n) is 16.3. The first-order valence-electron chi connectivity index (χ1n) is 9.05. The van der Waals surface area contributed by atoms with Crippen LogP contribution >= 0.6 is 0 Å². The van der Waals surface area contributed by atoms with Crippen LogP contribution in [0.3, 0.4) is 0 Å². The molecule has 0 fully saturated rings. The third-order valence-electron chi connectivity index (χ3n) is 4.33. The number of nitrogens with zero attached hydrogens (tertiary/aromatic N) is 3. The molecule has 0 aliphatic carbocycles. The van der Waals surface area contributed by atoms with E-state index in [4.69, 9.17) is 14.9 Å². The first-order valence-corrected chi connectivity index (χ1v) is 9.05. The van der Waals surface area contributed by atoms with Gasteiger partial charge in [0.25, 0.3) is 5.91 Å². The number of amides is 2. The average molecular weight is 385 g/mol. The number of benzene rings is 1. The lowest BCUT2D eigenvalue weighted by atomic mass is 10.1. The molecule has 0 aliphatic heterocycles. The molecule has 0 unspecified atom stereocenters. The van der Waals surface area contributed by atoms with Crippen molar-refractivity contribution in [1.82, 2.24) is 14.5 Å². The summed E-state index contributed by atoms with van der Waals surface area (Å²) in [5.41, 5.74) is 7.45. The van der Waals surface area contributed by atoms with E-state index in [-0.39, 0.29) is 11.3 Å². The fourth-order valence-electron chi connectivity index (χ4n) is 3.11. The Morgan fingerprint density at radius 3 is 2.64 bits per heavy atom. The number of hydrogen-bond donors (Lipinski definition) is 2. The van der Waals surface area contributed by atoms with E-state index in [9.17, 15) is 9.59 Å². The molecule has 9 heteroatoms. The van der Waals surface area contributed by atoms with Crippen molar-refractivity contribution >= 4 is 28.8 Å². The van der Waals surface area contributed by atoms with Crippen molar-refractivity contribution in [3.63, 3.8) is 0 Å². The van der Waals surface area contributed by atoms with Gasteiger partial charge < -0.3 is 19.5 Å². The van der Waals surface area contributed by atoms with Crippen LogP contribution in [0.4, 0.5) is 5.95 Å². The number of nitrogens with one attached hydrogen (secondary N) is 1. The number of aryl methyl sites for hydroxylation is 3. The average Bonchev–Trinajstić information content (AvgIpc) is 3.21. The van der Waals surface area contributed by atoms with Gasteiger partial charge in [0.2, 0.25) is 17.6 Å². The van der Waals surface area contributed by atoms with Crippen LogP contribution in [-0.4, -0.2) is 33.5 Å². The second-order valence-corrected chi connectivity index (χ2v) is 6.31. The molecule has 2 aromatic heterocycles. The van der Waals surface area contributed by atoms with Crippen LogP contribution in [0.25, 0.3) is 11.0 Å². The molecule has 3 rings (SSSR count). The molecule has 0 aliphatic rings. The van der Waals surface area contributed by atoms with Gasteiger partial charge in [0, 0.05) is 19.0 Å². The summed E-state index contributed by atoms with van der Waals surface area (Å²) in [6.45, 7) is 6.19. The molecule has 0 saturated heterocycles. The molecule has 1 aromatic carbocycles. The van der Waals surface area contributed by atoms with Crippen LogP contribution in [0, 0.1) is 6.92 Å². The molecule has 2 heterocycles. The number of hydrogen-bond acceptors (Lipinski definition) is 6. The second kappa shape index (κ2) is 7.71. The number of ether oxygens (including phenoxy) is 1. The van der Waals surface area contributed by atoms with E-state index in [1.807, 2.05) is 18.4 Å². The maximum atomic E-state index is 12.8. The highest BCUT2D eigenvalue weighted by Gasteiger charge is 2.22. The molecular formula is C19H23N5O4. The quantitative estimate of drug-likeness (QED) is 0.644. The minimum atomic E-state index is -0.583. The smallest absolute Gasteiger partial charge is 0.295 e. The van der Waals surface area contributed by atoms with Crippen molar-refractivity contribution in [3.8, 4) is 5.75 Å². The molecular weight excluding hydrogens is 362 g/mol. The molecule has 0 atom stereocenters. The number of aromatic nitrogens is 3. The number of imidazole rings is 1. The minimum absolute atomic E-state index is 0.167. The summed E-state index contributed by atoms with van der Waals surface area (Å²) in [7, 11) is 1.51. The van der Waals surface area contributed by atoms with Gasteiger partial charge in [-0.1, -0.05) is 13.8 Å². The predicted molar refractivity (Wildman–Crippen MR) is 104 cm³/mol. The van der Waals surface area contributed by atoms with Gasteiger partial charge in [-0.3, -0.25) is 14.9 Å². The van der Waals surface area contributed by atoms with Crippen molar-refractivity contribution in [2.45, 2.75) is 40.2 Å². The summed E-state index contributed by atoms with van der Waals surface area (Å²) in [5, 5.41) is 2.80.